The average Bonchev–Trinajstić information content (AvgIpc) is 2.93. The zero-order valence-electron chi connectivity index (χ0n) is 16.2. The summed E-state index contributed by atoms with van der Waals surface area (Å²) in [5, 5.41) is 3.44. The number of piperazine rings is 1. The van der Waals surface area contributed by atoms with E-state index >= 15 is 0 Å². The van der Waals surface area contributed by atoms with Crippen molar-refractivity contribution in [3.63, 3.8) is 0 Å². The lowest BCUT2D eigenvalue weighted by Gasteiger charge is -2.39. The molecule has 2 saturated heterocycles. The van der Waals surface area contributed by atoms with E-state index in [1.165, 1.54) is 0 Å². The van der Waals surface area contributed by atoms with E-state index in [2.05, 4.69) is 27.2 Å². The standard InChI is InChI=1S/C17H31N5O3.HI/c1-17(2,3)25-16(23)21-5-6-22-13(11-21)9-18-15(22)19-10-14-12-20(4)7-8-24-14;/h13-14H,5-12H2,1-4H3,(H,18,19);1H. The molecule has 150 valence electrons. The number of amides is 1. The van der Waals surface area contributed by atoms with E-state index in [0.717, 1.165) is 38.7 Å². The maximum absolute atomic E-state index is 12.3. The number of nitrogens with zero attached hydrogens (tertiary/aromatic N) is 4. The molecule has 0 radical (unpaired) electrons. The fraction of sp³-hybridized carbons (Fsp3) is 0.882. The SMILES string of the molecule is CN1CCOC(CNC2=NCC3CN(C(=O)OC(C)(C)C)CCN23)C1.I. The van der Waals surface area contributed by atoms with Gasteiger partial charge in [0.25, 0.3) is 0 Å². The van der Waals surface area contributed by atoms with Crippen molar-refractivity contribution in [3.8, 4) is 0 Å². The summed E-state index contributed by atoms with van der Waals surface area (Å²) in [6.45, 7) is 12.0. The van der Waals surface area contributed by atoms with Gasteiger partial charge in [0.15, 0.2) is 5.96 Å². The summed E-state index contributed by atoms with van der Waals surface area (Å²) in [6, 6.07) is 0.235. The second kappa shape index (κ2) is 8.92. The van der Waals surface area contributed by atoms with Gasteiger partial charge < -0.3 is 29.5 Å². The molecule has 0 aromatic heterocycles. The third-order valence-electron chi connectivity index (χ3n) is 4.69. The lowest BCUT2D eigenvalue weighted by atomic mass is 10.2. The Morgan fingerprint density at radius 2 is 2.08 bits per heavy atom. The smallest absolute Gasteiger partial charge is 0.410 e. The van der Waals surface area contributed by atoms with E-state index in [-0.39, 0.29) is 42.2 Å². The monoisotopic (exact) mass is 481 g/mol. The highest BCUT2D eigenvalue weighted by Gasteiger charge is 2.36. The summed E-state index contributed by atoms with van der Waals surface area (Å²) in [7, 11) is 2.12. The van der Waals surface area contributed by atoms with Crippen molar-refractivity contribution in [1.82, 2.24) is 20.0 Å². The van der Waals surface area contributed by atoms with Crippen LogP contribution in [0.25, 0.3) is 0 Å². The molecule has 3 rings (SSSR count). The first kappa shape index (κ1) is 21.5. The Balaban J connectivity index is 0.00000243. The third kappa shape index (κ3) is 5.59. The number of morpholine rings is 1. The zero-order valence-corrected chi connectivity index (χ0v) is 18.6. The highest BCUT2D eigenvalue weighted by Crippen LogP contribution is 2.18. The minimum atomic E-state index is -0.458. The third-order valence-corrected chi connectivity index (χ3v) is 4.69. The molecule has 1 amide bonds. The summed E-state index contributed by atoms with van der Waals surface area (Å²) in [4.78, 5) is 23.2. The van der Waals surface area contributed by atoms with Crippen molar-refractivity contribution in [2.45, 2.75) is 38.5 Å². The van der Waals surface area contributed by atoms with Crippen LogP contribution in [0.15, 0.2) is 4.99 Å². The number of ether oxygens (including phenoxy) is 2. The van der Waals surface area contributed by atoms with Crippen LogP contribution in [0.2, 0.25) is 0 Å². The molecule has 26 heavy (non-hydrogen) atoms. The number of fused-ring (bicyclic) bond motifs is 1. The second-order valence-electron chi connectivity index (χ2n) is 8.07. The number of halogens is 1. The van der Waals surface area contributed by atoms with Gasteiger partial charge in [0, 0.05) is 39.3 Å². The molecule has 3 aliphatic heterocycles. The van der Waals surface area contributed by atoms with E-state index in [4.69, 9.17) is 9.47 Å². The van der Waals surface area contributed by atoms with Gasteiger partial charge in [-0.2, -0.15) is 0 Å². The number of hydrogen-bond acceptors (Lipinski definition) is 7. The Labute approximate surface area is 173 Å². The van der Waals surface area contributed by atoms with Crippen LogP contribution in [0.3, 0.4) is 0 Å². The molecule has 1 N–H and O–H groups in total. The normalized spacial score (nSPS) is 26.7. The quantitative estimate of drug-likeness (QED) is 0.590. The molecular formula is C17H32IN5O3. The van der Waals surface area contributed by atoms with Gasteiger partial charge in [-0.3, -0.25) is 4.99 Å². The molecule has 9 heteroatoms. The second-order valence-corrected chi connectivity index (χ2v) is 8.07. The number of likely N-dealkylation sites (N-methyl/N-ethyl adjacent to an activating group) is 1. The fourth-order valence-electron chi connectivity index (χ4n) is 3.42. The predicted molar refractivity (Wildman–Crippen MR) is 111 cm³/mol. The van der Waals surface area contributed by atoms with E-state index in [1.807, 2.05) is 20.8 Å². The van der Waals surface area contributed by atoms with Gasteiger partial charge in [-0.1, -0.05) is 0 Å². The van der Waals surface area contributed by atoms with Gasteiger partial charge in [-0.15, -0.1) is 24.0 Å². The Kier molecular flexibility index (Phi) is 7.37. The molecule has 0 aliphatic carbocycles. The van der Waals surface area contributed by atoms with Crippen LogP contribution in [0.1, 0.15) is 20.8 Å². The van der Waals surface area contributed by atoms with E-state index in [1.54, 1.807) is 4.90 Å². The topological polar surface area (TPSA) is 69.6 Å². The van der Waals surface area contributed by atoms with E-state index in [0.29, 0.717) is 19.6 Å². The first-order valence-electron chi connectivity index (χ1n) is 9.15. The number of carbonyl (C=O) groups excluding carboxylic acids is 1. The summed E-state index contributed by atoms with van der Waals surface area (Å²) in [5.74, 6) is 0.936. The number of aliphatic imine (C=N–C) groups is 1. The number of hydrogen-bond donors (Lipinski definition) is 1. The van der Waals surface area contributed by atoms with E-state index in [9.17, 15) is 4.79 Å². The molecule has 8 nitrogen and oxygen atoms in total. The molecule has 2 unspecified atom stereocenters. The van der Waals surface area contributed by atoms with Crippen LogP contribution in [0, 0.1) is 0 Å². The molecular weight excluding hydrogens is 449 g/mol. The van der Waals surface area contributed by atoms with Gasteiger partial charge in [-0.05, 0) is 27.8 Å². The van der Waals surface area contributed by atoms with Crippen LogP contribution in [-0.4, -0.2) is 104 Å². The average molecular weight is 481 g/mol. The summed E-state index contributed by atoms with van der Waals surface area (Å²) >= 11 is 0. The molecule has 0 aromatic carbocycles. The Hall–Kier alpha value is -0.810. The molecule has 2 atom stereocenters. The highest BCUT2D eigenvalue weighted by atomic mass is 127. The number of rotatable bonds is 2. The number of nitrogens with one attached hydrogen (secondary N) is 1. The summed E-state index contributed by atoms with van der Waals surface area (Å²) in [5.41, 5.74) is -0.458. The maximum atomic E-state index is 12.3. The molecule has 0 aromatic rings. The van der Waals surface area contributed by atoms with Crippen molar-refractivity contribution in [2.75, 3.05) is 59.5 Å². The first-order chi connectivity index (χ1) is 11.8. The van der Waals surface area contributed by atoms with Crippen molar-refractivity contribution < 1.29 is 14.3 Å². The van der Waals surface area contributed by atoms with Gasteiger partial charge >= 0.3 is 6.09 Å². The Morgan fingerprint density at radius 3 is 2.77 bits per heavy atom. The molecule has 3 aliphatic rings. The molecule has 0 saturated carbocycles. The van der Waals surface area contributed by atoms with Gasteiger partial charge in [0.1, 0.15) is 5.60 Å². The number of guanidine groups is 1. The minimum Gasteiger partial charge on any atom is -0.444 e. The largest absolute Gasteiger partial charge is 0.444 e. The van der Waals surface area contributed by atoms with Crippen LogP contribution >= 0.6 is 24.0 Å². The zero-order chi connectivity index (χ0) is 18.0. The van der Waals surface area contributed by atoms with Crippen molar-refractivity contribution in [3.05, 3.63) is 0 Å². The van der Waals surface area contributed by atoms with Crippen LogP contribution in [0.5, 0.6) is 0 Å². The fourth-order valence-corrected chi connectivity index (χ4v) is 3.42. The van der Waals surface area contributed by atoms with Crippen molar-refractivity contribution in [2.24, 2.45) is 4.99 Å². The van der Waals surface area contributed by atoms with Crippen LogP contribution in [0.4, 0.5) is 4.79 Å². The molecule has 0 spiro atoms. The van der Waals surface area contributed by atoms with Gasteiger partial charge in [-0.25, -0.2) is 4.79 Å². The summed E-state index contributed by atoms with van der Waals surface area (Å²) in [6.07, 6.45) is -0.0317. The molecule has 2 fully saturated rings. The van der Waals surface area contributed by atoms with Gasteiger partial charge in [0.2, 0.25) is 0 Å². The Morgan fingerprint density at radius 1 is 1.31 bits per heavy atom. The van der Waals surface area contributed by atoms with Crippen molar-refractivity contribution in [1.29, 1.82) is 0 Å². The lowest BCUT2D eigenvalue weighted by Crippen LogP contribution is -2.58. The van der Waals surface area contributed by atoms with Crippen LogP contribution < -0.4 is 5.32 Å². The van der Waals surface area contributed by atoms with Crippen molar-refractivity contribution >= 4 is 36.0 Å². The highest BCUT2D eigenvalue weighted by molar-refractivity contribution is 14.0. The lowest BCUT2D eigenvalue weighted by molar-refractivity contribution is -0.0165. The number of carbonyl (C=O) groups is 1. The molecule has 0 bridgehead atoms. The van der Waals surface area contributed by atoms with Gasteiger partial charge in [0.05, 0.1) is 25.3 Å². The minimum absolute atomic E-state index is 0. The van der Waals surface area contributed by atoms with Crippen LogP contribution in [-0.2, 0) is 9.47 Å². The maximum Gasteiger partial charge on any atom is 0.410 e. The molecule has 3 heterocycles. The first-order valence-corrected chi connectivity index (χ1v) is 9.15. The summed E-state index contributed by atoms with van der Waals surface area (Å²) < 4.78 is 11.3. The predicted octanol–water partition coefficient (Wildman–Crippen LogP) is 0.816. The Bertz CT molecular complexity index is 525. The van der Waals surface area contributed by atoms with E-state index < -0.39 is 5.60 Å².